The number of benzene rings is 3. The van der Waals surface area contributed by atoms with Gasteiger partial charge in [-0.25, -0.2) is 4.98 Å². The minimum atomic E-state index is -0.429. The third-order valence-electron chi connectivity index (χ3n) is 6.97. The van der Waals surface area contributed by atoms with Crippen molar-refractivity contribution in [1.82, 2.24) is 9.38 Å². The van der Waals surface area contributed by atoms with Gasteiger partial charge in [-0.1, -0.05) is 48.5 Å². The largest absolute Gasteiger partial charge is 0.486 e. The van der Waals surface area contributed by atoms with Crippen LogP contribution in [0.2, 0.25) is 0 Å². The second-order valence-electron chi connectivity index (χ2n) is 10.6. The summed E-state index contributed by atoms with van der Waals surface area (Å²) in [4.78, 5) is 19.3. The lowest BCUT2D eigenvalue weighted by molar-refractivity contribution is 0.140. The molecule has 0 atom stereocenters. The fraction of sp³-hybridized carbons (Fsp3) is 0.286. The van der Waals surface area contributed by atoms with Gasteiger partial charge >= 0.3 is 0 Å². The van der Waals surface area contributed by atoms with E-state index in [0.29, 0.717) is 23.4 Å². The predicted molar refractivity (Wildman–Crippen MR) is 131 cm³/mol. The monoisotopic (exact) mass is 436 g/mol. The lowest BCUT2D eigenvalue weighted by atomic mass is 9.97. The number of hydrogen-bond acceptors (Lipinski definition) is 4. The van der Waals surface area contributed by atoms with E-state index in [-0.39, 0.29) is 11.2 Å². The van der Waals surface area contributed by atoms with Crippen LogP contribution in [0, 0.1) is 0 Å². The molecule has 5 heteroatoms. The average molecular weight is 437 g/mol. The van der Waals surface area contributed by atoms with E-state index in [1.54, 1.807) is 0 Å². The van der Waals surface area contributed by atoms with Gasteiger partial charge < -0.3 is 9.47 Å². The highest BCUT2D eigenvalue weighted by Gasteiger charge is 2.37. The van der Waals surface area contributed by atoms with Gasteiger partial charge in [-0.2, -0.15) is 0 Å². The van der Waals surface area contributed by atoms with Gasteiger partial charge in [-0.3, -0.25) is 9.20 Å². The van der Waals surface area contributed by atoms with Crippen molar-refractivity contribution in [3.63, 3.8) is 0 Å². The number of aromatic nitrogens is 2. The third-order valence-corrected chi connectivity index (χ3v) is 6.97. The molecular weight excluding hydrogens is 412 g/mol. The van der Waals surface area contributed by atoms with Crippen molar-refractivity contribution < 1.29 is 9.47 Å². The fourth-order valence-corrected chi connectivity index (χ4v) is 5.72. The molecule has 5 aromatic rings. The Kier molecular flexibility index (Phi) is 3.35. The first kappa shape index (κ1) is 18.9. The van der Waals surface area contributed by atoms with Crippen LogP contribution in [0.25, 0.3) is 38.2 Å². The van der Waals surface area contributed by atoms with E-state index in [0.717, 1.165) is 50.3 Å². The van der Waals surface area contributed by atoms with Crippen LogP contribution in [0.15, 0.2) is 53.3 Å². The Morgan fingerprint density at radius 2 is 1.27 bits per heavy atom. The Morgan fingerprint density at radius 3 is 1.94 bits per heavy atom. The first-order valence-corrected chi connectivity index (χ1v) is 11.5. The van der Waals surface area contributed by atoms with E-state index in [4.69, 9.17) is 14.5 Å². The fourth-order valence-electron chi connectivity index (χ4n) is 5.72. The van der Waals surface area contributed by atoms with Crippen LogP contribution < -0.4 is 15.0 Å². The van der Waals surface area contributed by atoms with Crippen molar-refractivity contribution >= 4 is 38.2 Å². The maximum Gasteiger partial charge on any atom is 0.263 e. The van der Waals surface area contributed by atoms with Crippen LogP contribution in [-0.2, 0) is 12.8 Å². The highest BCUT2D eigenvalue weighted by atomic mass is 16.5. The molecule has 2 aliphatic rings. The Labute approximate surface area is 190 Å². The minimum absolute atomic E-state index is 0.0496. The molecule has 2 aliphatic heterocycles. The van der Waals surface area contributed by atoms with Gasteiger partial charge in [-0.15, -0.1) is 0 Å². The summed E-state index contributed by atoms with van der Waals surface area (Å²) in [6.45, 7) is 8.26. The molecule has 0 fully saturated rings. The Morgan fingerprint density at radius 1 is 0.758 bits per heavy atom. The SMILES string of the molecule is CC1(C)Cc2c(c3ccccc3c3nc4c5ccccc5c5c(c(=O)n4c23)CC(C)(C)O5)O1. The van der Waals surface area contributed by atoms with Crippen molar-refractivity contribution in [2.75, 3.05) is 0 Å². The molecule has 0 amide bonds. The van der Waals surface area contributed by atoms with Crippen molar-refractivity contribution in [2.45, 2.75) is 51.7 Å². The number of fused-ring (bicyclic) bond motifs is 12. The summed E-state index contributed by atoms with van der Waals surface area (Å²) < 4.78 is 14.6. The molecule has 0 radical (unpaired) electrons. The van der Waals surface area contributed by atoms with Crippen molar-refractivity contribution in [3.8, 4) is 11.5 Å². The zero-order valence-corrected chi connectivity index (χ0v) is 19.2. The summed E-state index contributed by atoms with van der Waals surface area (Å²) in [6, 6.07) is 16.3. The van der Waals surface area contributed by atoms with Crippen molar-refractivity contribution in [2.24, 2.45) is 0 Å². The highest BCUT2D eigenvalue weighted by Crippen LogP contribution is 2.46. The normalized spacial score (nSPS) is 17.9. The number of hydrogen-bond donors (Lipinski definition) is 0. The maximum absolute atomic E-state index is 14.2. The highest BCUT2D eigenvalue weighted by molar-refractivity contribution is 6.13. The van der Waals surface area contributed by atoms with Crippen molar-refractivity contribution in [1.29, 1.82) is 0 Å². The zero-order valence-electron chi connectivity index (χ0n) is 19.2. The molecule has 2 aromatic heterocycles. The van der Waals surface area contributed by atoms with Gasteiger partial charge in [0.15, 0.2) is 0 Å². The number of rotatable bonds is 0. The van der Waals surface area contributed by atoms with E-state index in [1.165, 1.54) is 0 Å². The van der Waals surface area contributed by atoms with Gasteiger partial charge in [0.05, 0.1) is 16.6 Å². The van der Waals surface area contributed by atoms with Crippen LogP contribution in [0.4, 0.5) is 0 Å². The summed E-state index contributed by atoms with van der Waals surface area (Å²) >= 11 is 0. The quantitative estimate of drug-likeness (QED) is 0.318. The summed E-state index contributed by atoms with van der Waals surface area (Å²) in [7, 11) is 0. The Balaban J connectivity index is 1.80. The standard InChI is InChI=1S/C28H24N2O3/c1-27(2)13-19-22-21(15-9-5-6-10-16(15)23(19)32-27)29-25-18-12-8-7-11-17(18)24-20(26(31)30(22)25)14-28(3,4)33-24/h5-12H,13-14H2,1-4H3. The van der Waals surface area contributed by atoms with E-state index in [2.05, 4.69) is 26.0 Å². The lowest BCUT2D eigenvalue weighted by Crippen LogP contribution is -2.26. The lowest BCUT2D eigenvalue weighted by Gasteiger charge is -2.17. The second kappa shape index (κ2) is 5.84. The zero-order chi connectivity index (χ0) is 22.7. The van der Waals surface area contributed by atoms with E-state index < -0.39 is 5.60 Å². The summed E-state index contributed by atoms with van der Waals surface area (Å²) in [5.74, 6) is 1.56. The number of nitrogens with zero attached hydrogens (tertiary/aromatic N) is 2. The van der Waals surface area contributed by atoms with Gasteiger partial charge in [-0.05, 0) is 27.7 Å². The molecule has 0 saturated heterocycles. The third kappa shape index (κ3) is 2.42. The molecule has 7 rings (SSSR count). The second-order valence-corrected chi connectivity index (χ2v) is 10.6. The molecule has 4 heterocycles. The molecule has 0 spiro atoms. The molecule has 5 nitrogen and oxygen atoms in total. The van der Waals surface area contributed by atoms with Crippen LogP contribution in [0.3, 0.4) is 0 Å². The number of ether oxygens (including phenoxy) is 2. The summed E-state index contributed by atoms with van der Waals surface area (Å²) in [5, 5.41) is 3.90. The van der Waals surface area contributed by atoms with Gasteiger partial charge in [0.25, 0.3) is 5.56 Å². The molecule has 0 unspecified atom stereocenters. The summed E-state index contributed by atoms with van der Waals surface area (Å²) in [6.07, 6.45) is 1.28. The predicted octanol–water partition coefficient (Wildman–Crippen LogP) is 5.58. The topological polar surface area (TPSA) is 52.8 Å². The van der Waals surface area contributed by atoms with Gasteiger partial charge in [0.1, 0.15) is 28.3 Å². The summed E-state index contributed by atoms with van der Waals surface area (Å²) in [5.41, 5.74) is 3.33. The van der Waals surface area contributed by atoms with E-state index in [1.807, 2.05) is 54.6 Å². The van der Waals surface area contributed by atoms with Crippen LogP contribution in [0.1, 0.15) is 38.8 Å². The van der Waals surface area contributed by atoms with Crippen molar-refractivity contribution in [3.05, 3.63) is 70.0 Å². The Hall–Kier alpha value is -3.60. The van der Waals surface area contributed by atoms with Gasteiger partial charge in [0, 0.05) is 39.9 Å². The molecule has 0 saturated carbocycles. The molecule has 33 heavy (non-hydrogen) atoms. The van der Waals surface area contributed by atoms with Crippen LogP contribution in [0.5, 0.6) is 11.5 Å². The minimum Gasteiger partial charge on any atom is -0.486 e. The maximum atomic E-state index is 14.2. The Bertz CT molecular complexity index is 1740. The average Bonchev–Trinajstić information content (AvgIpc) is 3.41. The molecule has 164 valence electrons. The van der Waals surface area contributed by atoms with Crippen LogP contribution >= 0.6 is 0 Å². The number of imidazole rings is 1. The first-order chi connectivity index (χ1) is 15.7. The van der Waals surface area contributed by atoms with Crippen LogP contribution in [-0.4, -0.2) is 20.6 Å². The van der Waals surface area contributed by atoms with E-state index >= 15 is 0 Å². The first-order valence-electron chi connectivity index (χ1n) is 11.5. The molecule has 3 aromatic carbocycles. The molecule has 0 N–H and O–H groups in total. The van der Waals surface area contributed by atoms with E-state index in [9.17, 15) is 4.79 Å². The van der Waals surface area contributed by atoms with Gasteiger partial charge in [0.2, 0.25) is 0 Å². The molecule has 0 aliphatic carbocycles. The molecular formula is C28H24N2O3. The molecule has 0 bridgehead atoms. The smallest absolute Gasteiger partial charge is 0.263 e.